The van der Waals surface area contributed by atoms with Gasteiger partial charge in [-0.05, 0) is 35.7 Å². The van der Waals surface area contributed by atoms with Crippen LogP contribution in [0.2, 0.25) is 0 Å². The van der Waals surface area contributed by atoms with Crippen LogP contribution in [0.1, 0.15) is 19.8 Å². The van der Waals surface area contributed by atoms with E-state index in [2.05, 4.69) is 30.8 Å². The van der Waals surface area contributed by atoms with Gasteiger partial charge in [-0.25, -0.2) is 9.97 Å². The predicted molar refractivity (Wildman–Crippen MR) is 65.4 cm³/mol. The number of rotatable bonds is 2. The summed E-state index contributed by atoms with van der Waals surface area (Å²) in [6.45, 7) is 3.41. The number of hydrogen-bond donors (Lipinski definition) is 0. The number of Topliss-reactive ketones (excluding diaryl/α,β-unsaturated/α-hetero) is 1. The van der Waals surface area contributed by atoms with Gasteiger partial charge in [0.1, 0.15) is 5.78 Å². The molecule has 0 unspecified atom stereocenters. The number of anilines is 1. The molecule has 0 radical (unpaired) electrons. The quantitative estimate of drug-likeness (QED) is 0.833. The third-order valence-corrected chi connectivity index (χ3v) is 3.37. The highest BCUT2D eigenvalue weighted by molar-refractivity contribution is 9.10. The van der Waals surface area contributed by atoms with Crippen LogP contribution in [0.25, 0.3) is 0 Å². The Bertz CT molecular complexity index is 371. The number of ketones is 1. The average molecular weight is 284 g/mol. The van der Waals surface area contributed by atoms with Crippen LogP contribution in [0.3, 0.4) is 0 Å². The molecule has 1 saturated heterocycles. The minimum absolute atomic E-state index is 0.228. The van der Waals surface area contributed by atoms with Crippen molar-refractivity contribution in [2.24, 2.45) is 5.92 Å². The van der Waals surface area contributed by atoms with Crippen LogP contribution >= 0.6 is 15.9 Å². The van der Waals surface area contributed by atoms with Gasteiger partial charge in [-0.15, -0.1) is 0 Å². The summed E-state index contributed by atoms with van der Waals surface area (Å²) < 4.78 is 0.884. The Morgan fingerprint density at radius 1 is 1.38 bits per heavy atom. The van der Waals surface area contributed by atoms with E-state index in [4.69, 9.17) is 0 Å². The molecule has 0 atom stereocenters. The van der Waals surface area contributed by atoms with Crippen LogP contribution in [0, 0.1) is 5.92 Å². The van der Waals surface area contributed by atoms with E-state index in [9.17, 15) is 4.79 Å². The first-order valence-corrected chi connectivity index (χ1v) is 6.19. The van der Waals surface area contributed by atoms with E-state index in [-0.39, 0.29) is 5.92 Å². The molecule has 16 heavy (non-hydrogen) atoms. The van der Waals surface area contributed by atoms with E-state index in [0.29, 0.717) is 5.78 Å². The fourth-order valence-corrected chi connectivity index (χ4v) is 2.16. The topological polar surface area (TPSA) is 46.1 Å². The number of hydrogen-bond acceptors (Lipinski definition) is 4. The van der Waals surface area contributed by atoms with Crippen LogP contribution in [-0.4, -0.2) is 28.8 Å². The molecule has 0 bridgehead atoms. The summed E-state index contributed by atoms with van der Waals surface area (Å²) in [7, 11) is 0. The Kier molecular flexibility index (Phi) is 3.53. The van der Waals surface area contributed by atoms with Gasteiger partial charge in [-0.3, -0.25) is 4.79 Å². The molecule has 1 aliphatic rings. The molecular weight excluding hydrogens is 270 g/mol. The molecule has 86 valence electrons. The van der Waals surface area contributed by atoms with Gasteiger partial charge in [0, 0.05) is 31.4 Å². The molecule has 4 nitrogen and oxygen atoms in total. The lowest BCUT2D eigenvalue weighted by Crippen LogP contribution is -2.36. The van der Waals surface area contributed by atoms with Crippen molar-refractivity contribution in [1.82, 2.24) is 9.97 Å². The molecule has 2 rings (SSSR count). The Labute approximate surface area is 103 Å². The smallest absolute Gasteiger partial charge is 0.225 e. The van der Waals surface area contributed by atoms with Crippen LogP contribution in [0.4, 0.5) is 5.95 Å². The summed E-state index contributed by atoms with van der Waals surface area (Å²) in [6, 6.07) is 0. The predicted octanol–water partition coefficient (Wildman–Crippen LogP) is 2.04. The molecule has 1 aliphatic heterocycles. The van der Waals surface area contributed by atoms with Crippen LogP contribution in [-0.2, 0) is 4.79 Å². The lowest BCUT2D eigenvalue weighted by molar-refractivity contribution is -0.121. The van der Waals surface area contributed by atoms with Crippen molar-refractivity contribution in [2.75, 3.05) is 18.0 Å². The zero-order chi connectivity index (χ0) is 11.5. The van der Waals surface area contributed by atoms with Crippen molar-refractivity contribution in [1.29, 1.82) is 0 Å². The summed E-state index contributed by atoms with van der Waals surface area (Å²) >= 11 is 3.31. The molecule has 1 aromatic heterocycles. The first-order valence-electron chi connectivity index (χ1n) is 5.40. The molecule has 1 aromatic rings. The maximum Gasteiger partial charge on any atom is 0.225 e. The fourth-order valence-electron chi connectivity index (χ4n) is 1.95. The molecule has 0 N–H and O–H groups in total. The number of carbonyl (C=O) groups is 1. The van der Waals surface area contributed by atoms with E-state index < -0.39 is 0 Å². The Morgan fingerprint density at radius 3 is 2.44 bits per heavy atom. The van der Waals surface area contributed by atoms with Gasteiger partial charge >= 0.3 is 0 Å². The van der Waals surface area contributed by atoms with Gasteiger partial charge in [0.05, 0.1) is 4.47 Å². The third kappa shape index (κ3) is 2.58. The van der Waals surface area contributed by atoms with Crippen molar-refractivity contribution in [3.05, 3.63) is 16.9 Å². The monoisotopic (exact) mass is 283 g/mol. The molecule has 5 heteroatoms. The average Bonchev–Trinajstić information content (AvgIpc) is 2.30. The summed E-state index contributed by atoms with van der Waals surface area (Å²) in [5, 5.41) is 0. The molecule has 0 spiro atoms. The zero-order valence-electron chi connectivity index (χ0n) is 9.19. The van der Waals surface area contributed by atoms with Gasteiger partial charge in [0.25, 0.3) is 0 Å². The normalized spacial score (nSPS) is 17.5. The van der Waals surface area contributed by atoms with Crippen LogP contribution in [0.15, 0.2) is 16.9 Å². The van der Waals surface area contributed by atoms with E-state index >= 15 is 0 Å². The molecule has 0 amide bonds. The Balaban J connectivity index is 1.99. The number of aromatic nitrogens is 2. The largest absolute Gasteiger partial charge is 0.341 e. The van der Waals surface area contributed by atoms with E-state index in [0.717, 1.165) is 36.4 Å². The SMILES string of the molecule is CC(=O)C1CCN(c2ncc(Br)cn2)CC1. The zero-order valence-corrected chi connectivity index (χ0v) is 10.8. The Morgan fingerprint density at radius 2 is 1.94 bits per heavy atom. The Hall–Kier alpha value is -0.970. The number of nitrogens with zero attached hydrogens (tertiary/aromatic N) is 3. The van der Waals surface area contributed by atoms with Gasteiger partial charge in [0.15, 0.2) is 0 Å². The number of piperidine rings is 1. The van der Waals surface area contributed by atoms with E-state index in [1.54, 1.807) is 19.3 Å². The van der Waals surface area contributed by atoms with E-state index in [1.807, 2.05) is 0 Å². The lowest BCUT2D eigenvalue weighted by Gasteiger charge is -2.30. The summed E-state index contributed by atoms with van der Waals surface area (Å²) in [4.78, 5) is 21.9. The van der Waals surface area contributed by atoms with Gasteiger partial charge in [0.2, 0.25) is 5.95 Å². The molecular formula is C11H14BrN3O. The highest BCUT2D eigenvalue weighted by Gasteiger charge is 2.23. The van der Waals surface area contributed by atoms with Crippen molar-refractivity contribution >= 4 is 27.7 Å². The molecule has 0 saturated carbocycles. The second-order valence-electron chi connectivity index (χ2n) is 4.07. The highest BCUT2D eigenvalue weighted by atomic mass is 79.9. The molecule has 2 heterocycles. The van der Waals surface area contributed by atoms with Gasteiger partial charge < -0.3 is 4.90 Å². The van der Waals surface area contributed by atoms with Crippen molar-refractivity contribution in [3.63, 3.8) is 0 Å². The lowest BCUT2D eigenvalue weighted by atomic mass is 9.94. The van der Waals surface area contributed by atoms with Crippen LogP contribution < -0.4 is 4.90 Å². The molecule has 1 fully saturated rings. The maximum atomic E-state index is 11.2. The minimum Gasteiger partial charge on any atom is -0.341 e. The van der Waals surface area contributed by atoms with Crippen LogP contribution in [0.5, 0.6) is 0 Å². The second kappa shape index (κ2) is 4.91. The van der Waals surface area contributed by atoms with Crippen molar-refractivity contribution in [3.8, 4) is 0 Å². The summed E-state index contributed by atoms with van der Waals surface area (Å²) in [6.07, 6.45) is 5.32. The number of carbonyl (C=O) groups excluding carboxylic acids is 1. The second-order valence-corrected chi connectivity index (χ2v) is 4.99. The van der Waals surface area contributed by atoms with Crippen molar-refractivity contribution in [2.45, 2.75) is 19.8 Å². The van der Waals surface area contributed by atoms with E-state index in [1.165, 1.54) is 0 Å². The standard InChI is InChI=1S/C11H14BrN3O/c1-8(16)9-2-4-15(5-3-9)11-13-6-10(12)7-14-11/h6-7,9H,2-5H2,1H3. The van der Waals surface area contributed by atoms with Crippen molar-refractivity contribution < 1.29 is 4.79 Å². The first-order chi connectivity index (χ1) is 7.66. The maximum absolute atomic E-state index is 11.2. The first kappa shape index (κ1) is 11.5. The minimum atomic E-state index is 0.228. The molecule has 0 aromatic carbocycles. The van der Waals surface area contributed by atoms with Gasteiger partial charge in [-0.2, -0.15) is 0 Å². The summed E-state index contributed by atoms with van der Waals surface area (Å²) in [5.74, 6) is 1.29. The van der Waals surface area contributed by atoms with Gasteiger partial charge in [-0.1, -0.05) is 0 Å². The highest BCUT2D eigenvalue weighted by Crippen LogP contribution is 2.21. The fraction of sp³-hybridized carbons (Fsp3) is 0.545. The third-order valence-electron chi connectivity index (χ3n) is 2.96. The summed E-state index contributed by atoms with van der Waals surface area (Å²) in [5.41, 5.74) is 0. The molecule has 0 aliphatic carbocycles. The number of halogens is 1.